The number of hydrogen-bond donors (Lipinski definition) is 1. The summed E-state index contributed by atoms with van der Waals surface area (Å²) in [6.07, 6.45) is 5.45. The molecular weight excluding hydrogens is 242 g/mol. The highest BCUT2D eigenvalue weighted by atomic mass is 16.5. The molecule has 1 aromatic heterocycles. The molecule has 1 aliphatic heterocycles. The second-order valence-electron chi connectivity index (χ2n) is 5.86. The van der Waals surface area contributed by atoms with Gasteiger partial charge in [-0.1, -0.05) is 6.92 Å². The average Bonchev–Trinajstić information content (AvgIpc) is 2.38. The summed E-state index contributed by atoms with van der Waals surface area (Å²) in [7, 11) is 0. The van der Waals surface area contributed by atoms with Gasteiger partial charge in [-0.3, -0.25) is 4.79 Å². The monoisotopic (exact) mass is 265 g/mol. The van der Waals surface area contributed by atoms with E-state index in [1.807, 2.05) is 13.8 Å². The summed E-state index contributed by atoms with van der Waals surface area (Å²) < 4.78 is 7.08. The molecule has 1 saturated heterocycles. The van der Waals surface area contributed by atoms with Gasteiger partial charge in [0.25, 0.3) is 5.56 Å². The minimum atomic E-state index is -0.0480. The summed E-state index contributed by atoms with van der Waals surface area (Å²) in [5.74, 6) is 0.448. The molecular formula is C14H23N3O2. The SMILES string of the molecule is CC(C)n1ccnc(NCC2(C)CCOCC2)c1=O. The van der Waals surface area contributed by atoms with Crippen LogP contribution in [0.5, 0.6) is 0 Å². The van der Waals surface area contributed by atoms with E-state index in [4.69, 9.17) is 4.74 Å². The third-order valence-corrected chi connectivity index (χ3v) is 3.81. The molecule has 0 spiro atoms. The first kappa shape index (κ1) is 14.1. The van der Waals surface area contributed by atoms with Crippen molar-refractivity contribution in [2.45, 2.75) is 39.7 Å². The Morgan fingerprint density at radius 1 is 1.47 bits per heavy atom. The normalized spacial score (nSPS) is 18.5. The minimum Gasteiger partial charge on any atom is -0.381 e. The Morgan fingerprint density at radius 3 is 2.79 bits per heavy atom. The largest absolute Gasteiger partial charge is 0.381 e. The molecule has 0 bridgehead atoms. The highest BCUT2D eigenvalue weighted by Crippen LogP contribution is 2.29. The molecule has 0 radical (unpaired) electrons. The molecule has 0 amide bonds. The number of nitrogens with one attached hydrogen (secondary N) is 1. The van der Waals surface area contributed by atoms with Crippen molar-refractivity contribution in [3.63, 3.8) is 0 Å². The number of rotatable bonds is 4. The van der Waals surface area contributed by atoms with Crippen LogP contribution >= 0.6 is 0 Å². The van der Waals surface area contributed by atoms with Gasteiger partial charge in [0.15, 0.2) is 5.82 Å². The molecule has 2 rings (SSSR count). The molecule has 0 aromatic carbocycles. The van der Waals surface area contributed by atoms with E-state index in [0.29, 0.717) is 5.82 Å². The lowest BCUT2D eigenvalue weighted by Crippen LogP contribution is -2.35. The molecule has 0 saturated carbocycles. The third-order valence-electron chi connectivity index (χ3n) is 3.81. The van der Waals surface area contributed by atoms with Crippen molar-refractivity contribution in [2.24, 2.45) is 5.41 Å². The Hall–Kier alpha value is -1.36. The van der Waals surface area contributed by atoms with Crippen molar-refractivity contribution < 1.29 is 4.74 Å². The summed E-state index contributed by atoms with van der Waals surface area (Å²) in [5, 5.41) is 3.22. The molecule has 2 heterocycles. The predicted molar refractivity (Wildman–Crippen MR) is 75.5 cm³/mol. The Balaban J connectivity index is 2.07. The van der Waals surface area contributed by atoms with Crippen LogP contribution in [0.25, 0.3) is 0 Å². The van der Waals surface area contributed by atoms with Crippen molar-refractivity contribution in [3.8, 4) is 0 Å². The fourth-order valence-corrected chi connectivity index (χ4v) is 2.29. The quantitative estimate of drug-likeness (QED) is 0.905. The maximum absolute atomic E-state index is 12.2. The number of ether oxygens (including phenoxy) is 1. The van der Waals surface area contributed by atoms with E-state index in [1.165, 1.54) is 0 Å². The second-order valence-corrected chi connectivity index (χ2v) is 5.86. The van der Waals surface area contributed by atoms with Gasteiger partial charge in [0, 0.05) is 38.2 Å². The molecule has 5 heteroatoms. The van der Waals surface area contributed by atoms with Gasteiger partial charge >= 0.3 is 0 Å². The van der Waals surface area contributed by atoms with Gasteiger partial charge < -0.3 is 14.6 Å². The van der Waals surface area contributed by atoms with Crippen molar-refractivity contribution in [1.82, 2.24) is 9.55 Å². The van der Waals surface area contributed by atoms with E-state index < -0.39 is 0 Å². The fourth-order valence-electron chi connectivity index (χ4n) is 2.29. The van der Waals surface area contributed by atoms with Crippen LogP contribution in [0.1, 0.15) is 39.7 Å². The van der Waals surface area contributed by atoms with Crippen LogP contribution in [-0.4, -0.2) is 29.3 Å². The smallest absolute Gasteiger partial charge is 0.293 e. The van der Waals surface area contributed by atoms with Gasteiger partial charge in [0.1, 0.15) is 0 Å². The van der Waals surface area contributed by atoms with Crippen molar-refractivity contribution in [3.05, 3.63) is 22.7 Å². The first-order valence-corrected chi connectivity index (χ1v) is 6.91. The molecule has 1 N–H and O–H groups in total. The maximum atomic E-state index is 12.2. The first-order chi connectivity index (χ1) is 9.02. The molecule has 106 valence electrons. The molecule has 19 heavy (non-hydrogen) atoms. The highest BCUT2D eigenvalue weighted by Gasteiger charge is 2.27. The first-order valence-electron chi connectivity index (χ1n) is 6.91. The predicted octanol–water partition coefficient (Wildman–Crippen LogP) is 2.05. The summed E-state index contributed by atoms with van der Waals surface area (Å²) in [6.45, 7) is 8.58. The van der Waals surface area contributed by atoms with E-state index >= 15 is 0 Å². The summed E-state index contributed by atoms with van der Waals surface area (Å²) in [5.41, 5.74) is 0.137. The van der Waals surface area contributed by atoms with E-state index in [0.717, 1.165) is 32.6 Å². The average molecular weight is 265 g/mol. The van der Waals surface area contributed by atoms with Crippen LogP contribution in [0.15, 0.2) is 17.2 Å². The molecule has 0 aliphatic carbocycles. The fraction of sp³-hybridized carbons (Fsp3) is 0.714. The lowest BCUT2D eigenvalue weighted by molar-refractivity contribution is 0.0299. The Morgan fingerprint density at radius 2 is 2.16 bits per heavy atom. The Bertz CT molecular complexity index is 476. The van der Waals surface area contributed by atoms with Crippen molar-refractivity contribution in [1.29, 1.82) is 0 Å². The summed E-state index contributed by atoms with van der Waals surface area (Å²) in [6, 6.07) is 0.148. The van der Waals surface area contributed by atoms with Crippen LogP contribution < -0.4 is 10.9 Å². The molecule has 1 aromatic rings. The van der Waals surface area contributed by atoms with Crippen LogP contribution in [0.2, 0.25) is 0 Å². The van der Waals surface area contributed by atoms with Gasteiger partial charge in [-0.15, -0.1) is 0 Å². The standard InChI is InChI=1S/C14H23N3O2/c1-11(2)17-7-6-15-12(13(17)18)16-10-14(3)4-8-19-9-5-14/h6-7,11H,4-5,8-10H2,1-3H3,(H,15,16). The Labute approximate surface area is 114 Å². The maximum Gasteiger partial charge on any atom is 0.293 e. The van der Waals surface area contributed by atoms with E-state index in [2.05, 4.69) is 17.2 Å². The molecule has 0 atom stereocenters. The zero-order valence-corrected chi connectivity index (χ0v) is 12.0. The van der Waals surface area contributed by atoms with Gasteiger partial charge in [-0.2, -0.15) is 0 Å². The lowest BCUT2D eigenvalue weighted by Gasteiger charge is -2.33. The summed E-state index contributed by atoms with van der Waals surface area (Å²) in [4.78, 5) is 16.4. The zero-order chi connectivity index (χ0) is 13.9. The number of nitrogens with zero attached hydrogens (tertiary/aromatic N) is 2. The van der Waals surface area contributed by atoms with Gasteiger partial charge in [-0.05, 0) is 32.1 Å². The number of aromatic nitrogens is 2. The van der Waals surface area contributed by atoms with Crippen LogP contribution in [0.4, 0.5) is 5.82 Å². The zero-order valence-electron chi connectivity index (χ0n) is 12.0. The molecule has 0 unspecified atom stereocenters. The minimum absolute atomic E-state index is 0.0480. The van der Waals surface area contributed by atoms with Crippen molar-refractivity contribution >= 4 is 5.82 Å². The van der Waals surface area contributed by atoms with E-state index in [9.17, 15) is 4.79 Å². The lowest BCUT2D eigenvalue weighted by atomic mass is 9.82. The van der Waals surface area contributed by atoms with Crippen molar-refractivity contribution in [2.75, 3.05) is 25.1 Å². The topological polar surface area (TPSA) is 56.1 Å². The molecule has 1 fully saturated rings. The van der Waals surface area contributed by atoms with Gasteiger partial charge in [0.2, 0.25) is 0 Å². The molecule has 5 nitrogen and oxygen atoms in total. The molecule has 1 aliphatic rings. The van der Waals surface area contributed by atoms with E-state index in [1.54, 1.807) is 17.0 Å². The number of hydrogen-bond acceptors (Lipinski definition) is 4. The van der Waals surface area contributed by atoms with Gasteiger partial charge in [-0.25, -0.2) is 4.98 Å². The number of anilines is 1. The summed E-state index contributed by atoms with van der Waals surface area (Å²) >= 11 is 0. The van der Waals surface area contributed by atoms with E-state index in [-0.39, 0.29) is 17.0 Å². The van der Waals surface area contributed by atoms with Crippen LogP contribution in [0.3, 0.4) is 0 Å². The van der Waals surface area contributed by atoms with Gasteiger partial charge in [0.05, 0.1) is 0 Å². The Kier molecular flexibility index (Phi) is 4.24. The third kappa shape index (κ3) is 3.35. The van der Waals surface area contributed by atoms with Crippen LogP contribution in [0, 0.1) is 5.41 Å². The van der Waals surface area contributed by atoms with Crippen LogP contribution in [-0.2, 0) is 4.74 Å². The highest BCUT2D eigenvalue weighted by molar-refractivity contribution is 5.31. The second kappa shape index (κ2) is 5.74.